The summed E-state index contributed by atoms with van der Waals surface area (Å²) in [6.45, 7) is 4.22. The number of ether oxygens (including phenoxy) is 2. The van der Waals surface area contributed by atoms with Crippen LogP contribution in [-0.2, 0) is 21.1 Å². The van der Waals surface area contributed by atoms with Crippen molar-refractivity contribution in [3.8, 4) is 23.7 Å². The molecule has 5 rings (SSSR count). The minimum atomic E-state index is -4.45. The Morgan fingerprint density at radius 3 is 2.51 bits per heavy atom. The molecule has 1 saturated carbocycles. The molecule has 1 aromatic heterocycles. The van der Waals surface area contributed by atoms with Gasteiger partial charge >= 0.3 is 6.18 Å². The van der Waals surface area contributed by atoms with Crippen LogP contribution in [0.15, 0.2) is 47.4 Å². The van der Waals surface area contributed by atoms with Crippen molar-refractivity contribution >= 4 is 32.1 Å². The van der Waals surface area contributed by atoms with Gasteiger partial charge in [-0.3, -0.25) is 4.90 Å². The molecule has 2 aliphatic rings. The number of morpholine rings is 1. The highest BCUT2D eigenvalue weighted by atomic mass is 32.2. The SMILES string of the molecule is CC[C@]1(N2CCOCC2)CC[C@H](Nc2cccc3c2cc(C#CCNc2ccc(S(C)(=O)=O)cc2OCC#N)n3CC(F)(F)F)CC1. The first kappa shape index (κ1) is 34.4. The van der Waals surface area contributed by atoms with Crippen molar-refractivity contribution in [2.45, 2.75) is 68.2 Å². The van der Waals surface area contributed by atoms with Crippen LogP contribution >= 0.6 is 0 Å². The monoisotopic (exact) mass is 671 g/mol. The number of fused-ring (bicyclic) bond motifs is 1. The number of nitrogens with one attached hydrogen (secondary N) is 2. The van der Waals surface area contributed by atoms with Gasteiger partial charge in [-0.25, -0.2) is 8.42 Å². The van der Waals surface area contributed by atoms with Crippen molar-refractivity contribution in [1.29, 1.82) is 5.26 Å². The number of nitriles is 1. The lowest BCUT2D eigenvalue weighted by Gasteiger charge is -2.49. The highest BCUT2D eigenvalue weighted by Gasteiger charge is 2.39. The minimum Gasteiger partial charge on any atom is -0.477 e. The summed E-state index contributed by atoms with van der Waals surface area (Å²) in [7, 11) is -3.51. The molecule has 9 nitrogen and oxygen atoms in total. The summed E-state index contributed by atoms with van der Waals surface area (Å²) in [6.07, 6.45) is 1.72. The molecular formula is C34H40F3N5O4S. The van der Waals surface area contributed by atoms with E-state index >= 15 is 0 Å². The largest absolute Gasteiger partial charge is 0.477 e. The van der Waals surface area contributed by atoms with E-state index in [-0.39, 0.29) is 41.1 Å². The van der Waals surface area contributed by atoms with Crippen LogP contribution in [0.25, 0.3) is 10.9 Å². The number of alkyl halides is 3. The molecule has 3 aromatic rings. The molecule has 252 valence electrons. The Balaban J connectivity index is 1.35. The molecule has 1 aliphatic heterocycles. The average Bonchev–Trinajstić information content (AvgIpc) is 3.39. The number of hydrogen-bond acceptors (Lipinski definition) is 8. The lowest BCUT2D eigenvalue weighted by atomic mass is 9.76. The van der Waals surface area contributed by atoms with Gasteiger partial charge < -0.3 is 24.7 Å². The van der Waals surface area contributed by atoms with Crippen LogP contribution < -0.4 is 15.4 Å². The number of anilines is 2. The fourth-order valence-corrected chi connectivity index (χ4v) is 7.33. The Hall–Kier alpha value is -3.91. The van der Waals surface area contributed by atoms with E-state index in [0.29, 0.717) is 16.6 Å². The van der Waals surface area contributed by atoms with Crippen LogP contribution in [0.4, 0.5) is 24.5 Å². The predicted octanol–water partition coefficient (Wildman–Crippen LogP) is 5.81. The van der Waals surface area contributed by atoms with Crippen LogP contribution in [0, 0.1) is 23.2 Å². The molecular weight excluding hydrogens is 631 g/mol. The summed E-state index contributed by atoms with van der Waals surface area (Å²) < 4.78 is 77.3. The van der Waals surface area contributed by atoms with Crippen LogP contribution in [0.5, 0.6) is 5.75 Å². The van der Waals surface area contributed by atoms with Gasteiger partial charge in [0.2, 0.25) is 0 Å². The second-order valence-corrected chi connectivity index (χ2v) is 14.1. The Kier molecular flexibility index (Phi) is 10.6. The Morgan fingerprint density at radius 1 is 1.11 bits per heavy atom. The normalized spacial score (nSPS) is 20.6. The molecule has 0 atom stereocenters. The fourth-order valence-electron chi connectivity index (χ4n) is 6.70. The Bertz CT molecular complexity index is 1770. The number of halogens is 3. The van der Waals surface area contributed by atoms with Gasteiger partial charge in [0.25, 0.3) is 0 Å². The fraction of sp³-hybridized carbons (Fsp3) is 0.500. The lowest BCUT2D eigenvalue weighted by Crippen LogP contribution is -2.55. The van der Waals surface area contributed by atoms with E-state index in [2.05, 4.69) is 34.3 Å². The van der Waals surface area contributed by atoms with Crippen molar-refractivity contribution in [2.24, 2.45) is 0 Å². The van der Waals surface area contributed by atoms with E-state index in [1.165, 1.54) is 22.8 Å². The zero-order valence-corrected chi connectivity index (χ0v) is 27.4. The molecule has 2 heterocycles. The molecule has 1 aliphatic carbocycles. The Labute approximate surface area is 273 Å². The third-order valence-electron chi connectivity index (χ3n) is 9.16. The lowest BCUT2D eigenvalue weighted by molar-refractivity contribution is -0.140. The summed E-state index contributed by atoms with van der Waals surface area (Å²) in [5.74, 6) is 5.94. The van der Waals surface area contributed by atoms with Gasteiger partial charge in [-0.15, -0.1) is 0 Å². The number of aromatic nitrogens is 1. The molecule has 0 unspecified atom stereocenters. The standard InChI is InChI=1S/C34H40F3N5O4S/c1-3-33(41-17-20-45-21-18-41)13-11-25(12-14-33)40-29-7-4-8-31-28(29)22-26(42(31)24-34(35,36)37)6-5-16-39-30-10-9-27(47(2,43)44)23-32(30)46-19-15-38/h4,7-10,22-23,25,39-40H,3,11-14,16-21,24H2,1-2H3/t25-,33-. The molecule has 0 radical (unpaired) electrons. The maximum Gasteiger partial charge on any atom is 0.406 e. The van der Waals surface area contributed by atoms with E-state index in [1.54, 1.807) is 18.2 Å². The first-order valence-corrected chi connectivity index (χ1v) is 17.7. The molecule has 13 heteroatoms. The van der Waals surface area contributed by atoms with Crippen molar-refractivity contribution in [3.63, 3.8) is 0 Å². The second-order valence-electron chi connectivity index (χ2n) is 12.1. The zero-order valence-electron chi connectivity index (χ0n) is 26.6. The molecule has 47 heavy (non-hydrogen) atoms. The molecule has 0 bridgehead atoms. The molecule has 2 fully saturated rings. The smallest absolute Gasteiger partial charge is 0.406 e. The summed E-state index contributed by atoms with van der Waals surface area (Å²) in [5.41, 5.74) is 2.02. The first-order chi connectivity index (χ1) is 22.4. The summed E-state index contributed by atoms with van der Waals surface area (Å²) in [6, 6.07) is 13.3. The number of hydrogen-bond donors (Lipinski definition) is 2. The Morgan fingerprint density at radius 2 is 1.85 bits per heavy atom. The van der Waals surface area contributed by atoms with Gasteiger partial charge in [0.05, 0.1) is 41.6 Å². The van der Waals surface area contributed by atoms with E-state index in [1.807, 2.05) is 12.1 Å². The van der Waals surface area contributed by atoms with E-state index in [9.17, 15) is 21.6 Å². The summed E-state index contributed by atoms with van der Waals surface area (Å²) in [5, 5.41) is 16.3. The molecule has 1 saturated heterocycles. The van der Waals surface area contributed by atoms with Crippen LogP contribution in [0.1, 0.15) is 44.7 Å². The average molecular weight is 672 g/mol. The zero-order chi connectivity index (χ0) is 33.7. The summed E-state index contributed by atoms with van der Waals surface area (Å²) >= 11 is 0. The summed E-state index contributed by atoms with van der Waals surface area (Å²) in [4.78, 5) is 2.60. The van der Waals surface area contributed by atoms with Crippen molar-refractivity contribution in [1.82, 2.24) is 9.47 Å². The van der Waals surface area contributed by atoms with E-state index < -0.39 is 22.6 Å². The van der Waals surface area contributed by atoms with Gasteiger partial charge in [-0.05, 0) is 68.4 Å². The van der Waals surface area contributed by atoms with Crippen molar-refractivity contribution in [3.05, 3.63) is 48.2 Å². The van der Waals surface area contributed by atoms with Gasteiger partial charge in [-0.2, -0.15) is 18.4 Å². The molecule has 0 amide bonds. The van der Waals surface area contributed by atoms with Crippen molar-refractivity contribution < 1.29 is 31.1 Å². The van der Waals surface area contributed by atoms with Crippen LogP contribution in [0.3, 0.4) is 0 Å². The van der Waals surface area contributed by atoms with Crippen LogP contribution in [0.2, 0.25) is 0 Å². The third kappa shape index (κ3) is 8.33. The maximum atomic E-state index is 13.7. The molecule has 0 spiro atoms. The maximum absolute atomic E-state index is 13.7. The van der Waals surface area contributed by atoms with Gasteiger partial charge in [-0.1, -0.05) is 18.9 Å². The number of rotatable bonds is 10. The van der Waals surface area contributed by atoms with Gasteiger partial charge in [0.1, 0.15) is 18.4 Å². The molecule has 2 aromatic carbocycles. The highest BCUT2D eigenvalue weighted by Crippen LogP contribution is 2.39. The first-order valence-electron chi connectivity index (χ1n) is 15.8. The quantitative estimate of drug-likeness (QED) is 0.260. The molecule has 2 N–H and O–H groups in total. The van der Waals surface area contributed by atoms with Crippen molar-refractivity contribution in [2.75, 3.05) is 56.3 Å². The second kappa shape index (κ2) is 14.5. The van der Waals surface area contributed by atoms with Crippen LogP contribution in [-0.4, -0.2) is 81.4 Å². The third-order valence-corrected chi connectivity index (χ3v) is 10.3. The van der Waals surface area contributed by atoms with Gasteiger partial charge in [0.15, 0.2) is 16.4 Å². The number of sulfone groups is 1. The van der Waals surface area contributed by atoms with Gasteiger partial charge in [0, 0.05) is 48.1 Å². The topological polar surface area (TPSA) is 109 Å². The highest BCUT2D eigenvalue weighted by molar-refractivity contribution is 7.90. The minimum absolute atomic E-state index is 0.0261. The number of nitrogens with zero attached hydrogens (tertiary/aromatic N) is 3. The predicted molar refractivity (Wildman–Crippen MR) is 175 cm³/mol. The van der Waals surface area contributed by atoms with E-state index in [4.69, 9.17) is 14.7 Å². The number of benzene rings is 2. The van der Waals surface area contributed by atoms with E-state index in [0.717, 1.165) is 70.4 Å².